The molecule has 0 spiro atoms. The van der Waals surface area contributed by atoms with Gasteiger partial charge in [0.25, 0.3) is 0 Å². The topological polar surface area (TPSA) is 132 Å². The zero-order valence-corrected chi connectivity index (χ0v) is 52.1. The summed E-state index contributed by atoms with van der Waals surface area (Å²) in [6.07, 6.45) is 32.6. The van der Waals surface area contributed by atoms with E-state index in [4.69, 9.17) is 18.9 Å². The van der Waals surface area contributed by atoms with E-state index in [1.54, 1.807) is 13.8 Å². The number of unbranched alkanes of at least 4 members (excludes halogenated alkanes) is 24. The van der Waals surface area contributed by atoms with Crippen LogP contribution in [0.2, 0.25) is 0 Å². The van der Waals surface area contributed by atoms with Gasteiger partial charge in [0.2, 0.25) is 0 Å². The van der Waals surface area contributed by atoms with E-state index in [0.717, 1.165) is 56.9 Å². The Morgan fingerprint density at radius 3 is 1.05 bits per heavy atom. The molecule has 1 rings (SSSR count). The lowest BCUT2D eigenvalue weighted by atomic mass is 10.1. The van der Waals surface area contributed by atoms with Crippen molar-refractivity contribution in [3.8, 4) is 0 Å². The van der Waals surface area contributed by atoms with Crippen LogP contribution in [-0.2, 0) is 54.3 Å². The first-order valence-electron chi connectivity index (χ1n) is 31.4. The molecule has 82 heavy (non-hydrogen) atoms. The van der Waals surface area contributed by atoms with Gasteiger partial charge in [0.1, 0.15) is 6.61 Å². The number of halogens is 8. The standard InChI is InChI=1S/C16H32O2.C14H28O2.C13H26O2.C11H14F8O2.C10H12O2/c1-3-5-6-7-8-9-10-11-12-13-15-18-16(17)14-4-2;1-3-5-7-8-9-10-11-12-14(15)16-13-6-4-2;1-3-5-7-8-9-10-11-13(14)15-12-6-4-2;1-2-3-4-5-7(20)21-6-9(14,15)11(18,19)10(16,17)8(12)13;1-2-10(11)12-8-9-6-4-3-5-7-9/h3-15H2,1-2H3;3-13H2,1-2H3;3-12H2,1-2H3;8H,2-6H2,1H3;3-7H,2,8H2,1H3. The number of carbonyl (C=O) groups excluding carboxylic acids is 5. The van der Waals surface area contributed by atoms with Crippen molar-refractivity contribution in [2.24, 2.45) is 0 Å². The SMILES string of the molecule is CCC(=O)OCc1ccccc1.CCCCCC(=O)OCC(F)(F)C(F)(F)C(F)(F)C(F)F.CCCCCCCCC(=O)OCCCC.CCCCCCCCCC(=O)OCCCC.CCCCCCCCCCCCOC(=O)CCC. The van der Waals surface area contributed by atoms with E-state index >= 15 is 0 Å². The van der Waals surface area contributed by atoms with E-state index in [0.29, 0.717) is 65.0 Å². The molecule has 0 aliphatic heterocycles. The molecule has 0 radical (unpaired) electrons. The molecule has 0 amide bonds. The second-order valence-electron chi connectivity index (χ2n) is 20.5. The molecule has 0 saturated carbocycles. The fraction of sp³-hybridized carbons (Fsp3) is 0.828. The number of benzene rings is 1. The molecule has 18 heteroatoms. The van der Waals surface area contributed by atoms with E-state index < -0.39 is 36.8 Å². The summed E-state index contributed by atoms with van der Waals surface area (Å²) in [6, 6.07) is 9.65. The summed E-state index contributed by atoms with van der Waals surface area (Å²) in [5.74, 6) is -19.7. The Hall–Kier alpha value is -3.99. The summed E-state index contributed by atoms with van der Waals surface area (Å²) in [7, 11) is 0. The lowest BCUT2D eigenvalue weighted by molar-refractivity contribution is -0.344. The van der Waals surface area contributed by atoms with Gasteiger partial charge in [-0.25, -0.2) is 8.78 Å². The largest absolute Gasteiger partial charge is 0.466 e. The first-order chi connectivity index (χ1) is 39.1. The van der Waals surface area contributed by atoms with E-state index in [-0.39, 0.29) is 36.7 Å². The monoisotopic (exact) mass is 1190 g/mol. The van der Waals surface area contributed by atoms with Crippen molar-refractivity contribution in [2.75, 3.05) is 26.4 Å². The first kappa shape index (κ1) is 84.5. The summed E-state index contributed by atoms with van der Waals surface area (Å²) in [5, 5.41) is 0. The van der Waals surface area contributed by atoms with Crippen molar-refractivity contribution in [1.29, 1.82) is 0 Å². The Morgan fingerprint density at radius 1 is 0.366 bits per heavy atom. The van der Waals surface area contributed by atoms with Crippen molar-refractivity contribution in [1.82, 2.24) is 0 Å². The number of hydrogen-bond acceptors (Lipinski definition) is 10. The predicted octanol–water partition coefficient (Wildman–Crippen LogP) is 20.2. The number of hydrogen-bond donors (Lipinski definition) is 0. The second kappa shape index (κ2) is 60.1. The molecule has 0 unspecified atom stereocenters. The quantitative estimate of drug-likeness (QED) is 0.0269. The fourth-order valence-corrected chi connectivity index (χ4v) is 7.21. The fourth-order valence-electron chi connectivity index (χ4n) is 7.21. The molecule has 0 saturated heterocycles. The minimum atomic E-state index is -6.35. The molecule has 0 bridgehead atoms. The van der Waals surface area contributed by atoms with Crippen LogP contribution in [0, 0.1) is 0 Å². The van der Waals surface area contributed by atoms with Crippen molar-refractivity contribution < 1.29 is 82.8 Å². The summed E-state index contributed by atoms with van der Waals surface area (Å²) in [6.45, 7) is 16.3. The number of ether oxygens (including phenoxy) is 5. The van der Waals surface area contributed by atoms with Crippen molar-refractivity contribution in [2.45, 2.75) is 317 Å². The van der Waals surface area contributed by atoms with Gasteiger partial charge in [-0.05, 0) is 50.5 Å². The maximum Gasteiger partial charge on any atom is 0.381 e. The molecule has 1 aromatic carbocycles. The van der Waals surface area contributed by atoms with E-state index in [1.165, 1.54) is 128 Å². The maximum atomic E-state index is 13.0. The van der Waals surface area contributed by atoms with Crippen molar-refractivity contribution in [3.63, 3.8) is 0 Å². The number of rotatable bonds is 46. The summed E-state index contributed by atoms with van der Waals surface area (Å²) >= 11 is 0. The summed E-state index contributed by atoms with van der Waals surface area (Å²) in [5.41, 5.74) is 1.03. The third-order valence-corrected chi connectivity index (χ3v) is 12.5. The lowest BCUT2D eigenvalue weighted by Gasteiger charge is -2.31. The van der Waals surface area contributed by atoms with E-state index in [2.05, 4.69) is 39.4 Å². The van der Waals surface area contributed by atoms with Gasteiger partial charge < -0.3 is 23.7 Å². The molecule has 10 nitrogen and oxygen atoms in total. The highest BCUT2D eigenvalue weighted by molar-refractivity contribution is 5.70. The average Bonchev–Trinajstić information content (AvgIpc) is 3.50. The van der Waals surface area contributed by atoms with E-state index in [9.17, 15) is 59.1 Å². The van der Waals surface area contributed by atoms with Crippen LogP contribution < -0.4 is 0 Å². The molecule has 484 valence electrons. The van der Waals surface area contributed by atoms with Crippen LogP contribution in [0.25, 0.3) is 0 Å². The van der Waals surface area contributed by atoms with Crippen LogP contribution >= 0.6 is 0 Å². The molecule has 0 fully saturated rings. The highest BCUT2D eigenvalue weighted by Gasteiger charge is 2.75. The van der Waals surface area contributed by atoms with Gasteiger partial charge in [-0.1, -0.05) is 240 Å². The highest BCUT2D eigenvalue weighted by Crippen LogP contribution is 2.48. The van der Waals surface area contributed by atoms with Gasteiger partial charge in [0.05, 0.1) is 19.8 Å². The van der Waals surface area contributed by atoms with Crippen LogP contribution in [0.1, 0.15) is 292 Å². The maximum absolute atomic E-state index is 13.0. The smallest absolute Gasteiger partial charge is 0.381 e. The molecular formula is C64H112F8O10. The van der Waals surface area contributed by atoms with Crippen LogP contribution in [0.5, 0.6) is 0 Å². The molecule has 0 N–H and O–H groups in total. The number of esters is 5. The number of alkyl halides is 8. The Labute approximate surface area is 490 Å². The summed E-state index contributed by atoms with van der Waals surface area (Å²) < 4.78 is 124. The Morgan fingerprint density at radius 2 is 0.683 bits per heavy atom. The molecule has 0 aliphatic rings. The second-order valence-corrected chi connectivity index (χ2v) is 20.5. The van der Waals surface area contributed by atoms with Crippen LogP contribution in [-0.4, -0.2) is 80.5 Å². The Bertz CT molecular complexity index is 1600. The van der Waals surface area contributed by atoms with Crippen LogP contribution in [0.3, 0.4) is 0 Å². The van der Waals surface area contributed by atoms with Crippen LogP contribution in [0.15, 0.2) is 30.3 Å². The molecule has 1 aromatic rings. The van der Waals surface area contributed by atoms with Gasteiger partial charge in [-0.15, -0.1) is 0 Å². The predicted molar refractivity (Wildman–Crippen MR) is 313 cm³/mol. The molecular weight excluding hydrogens is 1080 g/mol. The molecule has 0 aromatic heterocycles. The van der Waals surface area contributed by atoms with Gasteiger partial charge in [0.15, 0.2) is 6.61 Å². The molecule has 0 heterocycles. The molecule has 0 atom stereocenters. The summed E-state index contributed by atoms with van der Waals surface area (Å²) in [4.78, 5) is 55.2. The Kier molecular flexibility index (Phi) is 61.9. The minimum absolute atomic E-state index is 0.0120. The van der Waals surface area contributed by atoms with Gasteiger partial charge in [-0.2, -0.15) is 26.3 Å². The van der Waals surface area contributed by atoms with Crippen molar-refractivity contribution >= 4 is 29.8 Å². The Balaban J connectivity index is -0.000000468. The highest BCUT2D eigenvalue weighted by atomic mass is 19.4. The minimum Gasteiger partial charge on any atom is -0.466 e. The normalized spacial score (nSPS) is 11.1. The third-order valence-electron chi connectivity index (χ3n) is 12.5. The molecule has 0 aliphatic carbocycles. The van der Waals surface area contributed by atoms with Gasteiger partial charge >= 0.3 is 54.0 Å². The first-order valence-corrected chi connectivity index (χ1v) is 31.4. The lowest BCUT2D eigenvalue weighted by Crippen LogP contribution is -2.59. The van der Waals surface area contributed by atoms with E-state index in [1.807, 2.05) is 37.3 Å². The van der Waals surface area contributed by atoms with Gasteiger partial charge in [0, 0.05) is 32.1 Å². The van der Waals surface area contributed by atoms with Crippen molar-refractivity contribution in [3.05, 3.63) is 35.9 Å². The zero-order chi connectivity index (χ0) is 62.6. The van der Waals surface area contributed by atoms with Gasteiger partial charge in [-0.3, -0.25) is 24.0 Å². The third kappa shape index (κ3) is 54.0. The average molecular weight is 1190 g/mol. The van der Waals surface area contributed by atoms with Crippen LogP contribution in [0.4, 0.5) is 35.1 Å². The zero-order valence-electron chi connectivity index (χ0n) is 52.1. The number of carbonyl (C=O) groups is 5.